The standard InChI is InChI=1S/C45H47F3N8O7/c1-43(2,63)29-20-32-25(19-33(29)51-38(58)31-7-4-8-35(50-31)45(46,47)48)23-55(53-32)27-11-9-24(10-12-27)40(60)54-17-15-44(16-18-54)21-26(22-44)49-30-6-3-5-28-37(30)42(62)56(41(28)61)34-13-14-36(57)52-39(34)59/h3-8,19-20,23-24,26-27,34,49,63H,9-18,21-22H2,1-2H3,(H,51,58)(H,52,57,59). The van der Waals surface area contributed by atoms with Crippen molar-refractivity contribution in [2.24, 2.45) is 11.3 Å². The van der Waals surface area contributed by atoms with Crippen LogP contribution in [-0.2, 0) is 26.2 Å². The van der Waals surface area contributed by atoms with Crippen LogP contribution in [0.1, 0.15) is 127 Å². The minimum absolute atomic E-state index is 0.0168. The molecule has 2 aliphatic carbocycles. The van der Waals surface area contributed by atoms with Gasteiger partial charge in [0.1, 0.15) is 17.4 Å². The number of benzene rings is 2. The number of carbonyl (C=O) groups is 6. The van der Waals surface area contributed by atoms with E-state index in [2.05, 4.69) is 20.9 Å². The molecule has 5 aliphatic rings. The monoisotopic (exact) mass is 868 g/mol. The minimum atomic E-state index is -4.72. The van der Waals surface area contributed by atoms with Gasteiger partial charge in [-0.25, -0.2) is 4.98 Å². The van der Waals surface area contributed by atoms with E-state index in [1.54, 1.807) is 30.3 Å². The lowest BCUT2D eigenvalue weighted by molar-refractivity contribution is -0.141. The lowest BCUT2D eigenvalue weighted by atomic mass is 9.60. The molecule has 1 spiro atoms. The molecule has 15 nitrogen and oxygen atoms in total. The van der Waals surface area contributed by atoms with Gasteiger partial charge in [-0.05, 0) is 113 Å². The molecule has 18 heteroatoms. The summed E-state index contributed by atoms with van der Waals surface area (Å²) in [6.07, 6.45) is 3.55. The molecule has 1 atom stereocenters. The summed E-state index contributed by atoms with van der Waals surface area (Å²) in [5.41, 5.74) is -0.798. The highest BCUT2D eigenvalue weighted by molar-refractivity contribution is 6.25. The number of hydrogen-bond acceptors (Lipinski definition) is 10. The number of anilines is 2. The minimum Gasteiger partial charge on any atom is -0.386 e. The zero-order chi connectivity index (χ0) is 44.6. The number of nitrogens with zero attached hydrogens (tertiary/aromatic N) is 5. The molecular weight excluding hydrogens is 822 g/mol. The quantitative estimate of drug-likeness (QED) is 0.154. The van der Waals surface area contributed by atoms with Crippen molar-refractivity contribution in [3.8, 4) is 0 Å². The van der Waals surface area contributed by atoms with Gasteiger partial charge in [-0.3, -0.25) is 43.7 Å². The third kappa shape index (κ3) is 7.93. The summed E-state index contributed by atoms with van der Waals surface area (Å²) in [5.74, 6) is -2.96. The number of likely N-dealkylation sites (tertiary alicyclic amines) is 1. The molecule has 0 radical (unpaired) electrons. The first-order valence-electron chi connectivity index (χ1n) is 21.4. The number of aromatic nitrogens is 3. The molecule has 2 saturated heterocycles. The Balaban J connectivity index is 0.782. The highest BCUT2D eigenvalue weighted by atomic mass is 19.4. The van der Waals surface area contributed by atoms with Crippen LogP contribution in [0.4, 0.5) is 24.5 Å². The van der Waals surface area contributed by atoms with Crippen LogP contribution in [0.2, 0.25) is 0 Å². The van der Waals surface area contributed by atoms with E-state index in [9.17, 15) is 47.0 Å². The van der Waals surface area contributed by atoms with Crippen molar-refractivity contribution in [3.05, 3.63) is 82.8 Å². The Labute approximate surface area is 359 Å². The predicted octanol–water partition coefficient (Wildman–Crippen LogP) is 5.95. The van der Waals surface area contributed by atoms with E-state index in [0.717, 1.165) is 55.6 Å². The zero-order valence-electron chi connectivity index (χ0n) is 34.8. The average molecular weight is 869 g/mol. The molecule has 9 rings (SSSR count). The predicted molar refractivity (Wildman–Crippen MR) is 221 cm³/mol. The fraction of sp³-hybridized carbons (Fsp3) is 0.467. The second-order valence-corrected chi connectivity index (χ2v) is 18.2. The normalized spacial score (nSPS) is 22.9. The van der Waals surface area contributed by atoms with Gasteiger partial charge < -0.3 is 20.6 Å². The van der Waals surface area contributed by atoms with Crippen LogP contribution in [0.3, 0.4) is 0 Å². The molecule has 330 valence electrons. The van der Waals surface area contributed by atoms with Crippen molar-refractivity contribution in [3.63, 3.8) is 0 Å². The molecule has 2 aromatic heterocycles. The van der Waals surface area contributed by atoms with Gasteiger partial charge in [0.25, 0.3) is 17.7 Å². The van der Waals surface area contributed by atoms with Crippen molar-refractivity contribution < 1.29 is 47.0 Å². The Morgan fingerprint density at radius 1 is 0.905 bits per heavy atom. The number of alkyl halides is 3. The molecule has 4 aromatic rings. The Bertz CT molecular complexity index is 2560. The summed E-state index contributed by atoms with van der Waals surface area (Å²) in [5, 5.41) is 24.8. The molecule has 2 aromatic carbocycles. The number of carbonyl (C=O) groups excluding carboxylic acids is 6. The molecule has 1 unspecified atom stereocenters. The van der Waals surface area contributed by atoms with Gasteiger partial charge in [0.2, 0.25) is 17.7 Å². The molecule has 3 aliphatic heterocycles. The lowest BCUT2D eigenvalue weighted by Gasteiger charge is -2.53. The van der Waals surface area contributed by atoms with E-state index in [4.69, 9.17) is 5.10 Å². The molecule has 6 amide bonds. The number of rotatable bonds is 8. The highest BCUT2D eigenvalue weighted by Crippen LogP contribution is 2.51. The topological polar surface area (TPSA) is 196 Å². The summed E-state index contributed by atoms with van der Waals surface area (Å²) in [4.78, 5) is 84.4. The molecule has 4 N–H and O–H groups in total. The summed E-state index contributed by atoms with van der Waals surface area (Å²) in [7, 11) is 0. The molecule has 4 fully saturated rings. The first-order chi connectivity index (χ1) is 29.9. The molecule has 5 heterocycles. The van der Waals surface area contributed by atoms with Crippen LogP contribution in [0, 0.1) is 11.3 Å². The average Bonchev–Trinajstić information content (AvgIpc) is 3.77. The van der Waals surface area contributed by atoms with Crippen LogP contribution >= 0.6 is 0 Å². The Morgan fingerprint density at radius 3 is 2.30 bits per heavy atom. The van der Waals surface area contributed by atoms with Crippen molar-refractivity contribution in [2.75, 3.05) is 23.7 Å². The van der Waals surface area contributed by atoms with Crippen LogP contribution < -0.4 is 16.0 Å². The SMILES string of the molecule is CC(C)(O)c1cc2nn(C3CCC(C(=O)N4CCC5(CC4)CC(Nc4cccc6c4C(=O)N(C4CCC(=O)NC4=O)C6=O)C5)CC3)cc2cc1NC(=O)c1cccc(C(F)(F)F)n1. The van der Waals surface area contributed by atoms with Crippen molar-refractivity contribution in [1.82, 2.24) is 29.9 Å². The summed E-state index contributed by atoms with van der Waals surface area (Å²) >= 11 is 0. The van der Waals surface area contributed by atoms with E-state index in [-0.39, 0.29) is 59.0 Å². The maximum absolute atomic E-state index is 13.8. The van der Waals surface area contributed by atoms with Gasteiger partial charge in [0, 0.05) is 60.0 Å². The number of hydrogen-bond donors (Lipinski definition) is 4. The second kappa shape index (κ2) is 15.6. The number of imide groups is 2. The maximum atomic E-state index is 13.8. The van der Waals surface area contributed by atoms with Crippen molar-refractivity contribution >= 4 is 57.7 Å². The number of piperidine rings is 2. The van der Waals surface area contributed by atoms with Gasteiger partial charge in [0.05, 0.1) is 28.3 Å². The Morgan fingerprint density at radius 2 is 1.62 bits per heavy atom. The maximum Gasteiger partial charge on any atom is 0.433 e. The third-order valence-corrected chi connectivity index (χ3v) is 13.6. The van der Waals surface area contributed by atoms with Gasteiger partial charge in [0.15, 0.2) is 0 Å². The fourth-order valence-electron chi connectivity index (χ4n) is 10.2. The zero-order valence-corrected chi connectivity index (χ0v) is 34.8. The number of fused-ring (bicyclic) bond motifs is 2. The highest BCUT2D eigenvalue weighted by Gasteiger charge is 2.49. The second-order valence-electron chi connectivity index (χ2n) is 18.2. The smallest absolute Gasteiger partial charge is 0.386 e. The van der Waals surface area contributed by atoms with Crippen LogP contribution in [0.25, 0.3) is 10.9 Å². The summed E-state index contributed by atoms with van der Waals surface area (Å²) < 4.78 is 41.7. The van der Waals surface area contributed by atoms with E-state index in [1.807, 2.05) is 15.8 Å². The van der Waals surface area contributed by atoms with E-state index >= 15 is 0 Å². The Hall–Kier alpha value is -6.17. The largest absolute Gasteiger partial charge is 0.433 e. The molecule has 2 saturated carbocycles. The van der Waals surface area contributed by atoms with Crippen LogP contribution in [0.5, 0.6) is 0 Å². The van der Waals surface area contributed by atoms with E-state index in [0.29, 0.717) is 48.1 Å². The number of halogens is 3. The first kappa shape index (κ1) is 42.1. The van der Waals surface area contributed by atoms with Crippen LogP contribution in [-0.4, -0.2) is 90.3 Å². The Kier molecular flexibility index (Phi) is 10.4. The van der Waals surface area contributed by atoms with Crippen molar-refractivity contribution in [2.45, 2.75) is 108 Å². The molecular formula is C45H47F3N8O7. The lowest BCUT2D eigenvalue weighted by Crippen LogP contribution is -2.54. The van der Waals surface area contributed by atoms with Crippen LogP contribution in [0.15, 0.2) is 54.7 Å². The van der Waals surface area contributed by atoms with E-state index in [1.165, 1.54) is 19.9 Å². The van der Waals surface area contributed by atoms with Gasteiger partial charge in [-0.15, -0.1) is 0 Å². The third-order valence-electron chi connectivity index (χ3n) is 13.6. The summed E-state index contributed by atoms with van der Waals surface area (Å²) in [6.45, 7) is 4.41. The van der Waals surface area contributed by atoms with Crippen molar-refractivity contribution in [1.29, 1.82) is 0 Å². The van der Waals surface area contributed by atoms with Gasteiger partial charge >= 0.3 is 6.18 Å². The number of aliphatic hydroxyl groups is 1. The van der Waals surface area contributed by atoms with Gasteiger partial charge in [-0.1, -0.05) is 12.1 Å². The molecule has 63 heavy (non-hydrogen) atoms. The molecule has 0 bridgehead atoms. The first-order valence-corrected chi connectivity index (χ1v) is 21.4. The number of amides is 6. The van der Waals surface area contributed by atoms with E-state index < -0.39 is 58.7 Å². The summed E-state index contributed by atoms with van der Waals surface area (Å²) in [6, 6.07) is 10.5. The number of nitrogens with one attached hydrogen (secondary N) is 3. The van der Waals surface area contributed by atoms with Gasteiger partial charge in [-0.2, -0.15) is 18.3 Å². The number of pyridine rings is 1. The fourth-order valence-corrected chi connectivity index (χ4v) is 10.2.